The summed E-state index contributed by atoms with van der Waals surface area (Å²) >= 11 is 2.87. The Labute approximate surface area is 86.3 Å². The molecule has 1 rings (SSSR count). The quantitative estimate of drug-likeness (QED) is 0.609. The van der Waals surface area contributed by atoms with Crippen LogP contribution in [0.15, 0.2) is 18.5 Å². The molecular formula is C8H5BrF3NO. The molecule has 1 aromatic rings. The van der Waals surface area contributed by atoms with Gasteiger partial charge in [0.05, 0.1) is 10.9 Å². The highest BCUT2D eigenvalue weighted by atomic mass is 79.9. The predicted molar refractivity (Wildman–Crippen MR) is 47.4 cm³/mol. The molecule has 0 aliphatic rings. The van der Waals surface area contributed by atoms with Gasteiger partial charge < -0.3 is 0 Å². The Hall–Kier alpha value is -0.910. The van der Waals surface area contributed by atoms with Gasteiger partial charge in [-0.05, 0) is 6.07 Å². The molecule has 0 amide bonds. The lowest BCUT2D eigenvalue weighted by Crippen LogP contribution is -2.08. The highest BCUT2D eigenvalue weighted by Crippen LogP contribution is 2.28. The molecule has 0 N–H and O–H groups in total. The number of hydrogen-bond donors (Lipinski definition) is 0. The van der Waals surface area contributed by atoms with E-state index in [-0.39, 0.29) is 10.9 Å². The maximum atomic E-state index is 12.2. The van der Waals surface area contributed by atoms with Crippen molar-refractivity contribution >= 4 is 21.7 Å². The van der Waals surface area contributed by atoms with E-state index < -0.39 is 17.5 Å². The van der Waals surface area contributed by atoms with Crippen molar-refractivity contribution in [3.8, 4) is 0 Å². The van der Waals surface area contributed by atoms with Crippen molar-refractivity contribution in [3.63, 3.8) is 0 Å². The van der Waals surface area contributed by atoms with E-state index in [2.05, 4.69) is 20.9 Å². The fraction of sp³-hybridized carbons (Fsp3) is 0.250. The lowest BCUT2D eigenvalue weighted by Gasteiger charge is -2.06. The Morgan fingerprint density at radius 2 is 2.07 bits per heavy atom. The molecule has 0 saturated heterocycles. The summed E-state index contributed by atoms with van der Waals surface area (Å²) in [6, 6.07) is 0.788. The molecule has 0 atom stereocenters. The Bertz CT molecular complexity index is 351. The highest BCUT2D eigenvalue weighted by Gasteiger charge is 2.31. The molecule has 2 nitrogen and oxygen atoms in total. The molecule has 0 fully saturated rings. The molecule has 0 radical (unpaired) electrons. The molecule has 0 bridgehead atoms. The topological polar surface area (TPSA) is 30.0 Å². The number of carbonyl (C=O) groups excluding carboxylic acids is 1. The molecule has 0 aromatic carbocycles. The summed E-state index contributed by atoms with van der Waals surface area (Å²) in [6.07, 6.45) is -2.67. The van der Waals surface area contributed by atoms with E-state index in [1.165, 1.54) is 0 Å². The van der Waals surface area contributed by atoms with Gasteiger partial charge in [0.15, 0.2) is 5.78 Å². The van der Waals surface area contributed by atoms with Crippen LogP contribution in [0.25, 0.3) is 0 Å². The second kappa shape index (κ2) is 4.08. The first-order valence-corrected chi connectivity index (χ1v) is 4.68. The average Bonchev–Trinajstić information content (AvgIpc) is 2.15. The third-order valence-electron chi connectivity index (χ3n) is 1.51. The fourth-order valence-corrected chi connectivity index (χ4v) is 1.15. The number of carbonyl (C=O) groups is 1. The summed E-state index contributed by atoms with van der Waals surface area (Å²) in [7, 11) is 0. The molecule has 0 spiro atoms. The number of nitrogens with zero attached hydrogens (tertiary/aromatic N) is 1. The van der Waals surface area contributed by atoms with Crippen molar-refractivity contribution in [2.75, 3.05) is 5.33 Å². The van der Waals surface area contributed by atoms with Gasteiger partial charge in [-0.2, -0.15) is 13.2 Å². The van der Waals surface area contributed by atoms with Gasteiger partial charge in [-0.25, -0.2) is 0 Å². The first kappa shape index (κ1) is 11.2. The molecule has 0 unspecified atom stereocenters. The summed E-state index contributed by atoms with van der Waals surface area (Å²) < 4.78 is 36.5. The lowest BCUT2D eigenvalue weighted by atomic mass is 10.1. The number of pyridine rings is 1. The summed E-state index contributed by atoms with van der Waals surface area (Å²) in [6.45, 7) is 0. The van der Waals surface area contributed by atoms with Crippen LogP contribution >= 0.6 is 15.9 Å². The van der Waals surface area contributed by atoms with Crippen molar-refractivity contribution in [1.29, 1.82) is 0 Å². The predicted octanol–water partition coefficient (Wildman–Crippen LogP) is 2.68. The monoisotopic (exact) mass is 267 g/mol. The molecule has 0 saturated carbocycles. The Morgan fingerprint density at radius 3 is 2.57 bits per heavy atom. The van der Waals surface area contributed by atoms with Gasteiger partial charge in [0.1, 0.15) is 0 Å². The minimum absolute atomic E-state index is 0.0179. The van der Waals surface area contributed by atoms with Crippen LogP contribution < -0.4 is 0 Å². The van der Waals surface area contributed by atoms with Crippen molar-refractivity contribution in [1.82, 2.24) is 4.98 Å². The number of rotatable bonds is 2. The normalized spacial score (nSPS) is 11.4. The second-order valence-electron chi connectivity index (χ2n) is 2.52. The first-order valence-electron chi connectivity index (χ1n) is 3.56. The number of halogens is 4. The second-order valence-corrected chi connectivity index (χ2v) is 3.08. The van der Waals surface area contributed by atoms with E-state index in [0.717, 1.165) is 12.3 Å². The smallest absolute Gasteiger partial charge is 0.293 e. The van der Waals surface area contributed by atoms with Gasteiger partial charge in [-0.3, -0.25) is 9.78 Å². The van der Waals surface area contributed by atoms with E-state index in [4.69, 9.17) is 0 Å². The highest BCUT2D eigenvalue weighted by molar-refractivity contribution is 9.09. The van der Waals surface area contributed by atoms with Crippen LogP contribution in [-0.4, -0.2) is 16.1 Å². The first-order chi connectivity index (χ1) is 6.45. The van der Waals surface area contributed by atoms with E-state index in [1.807, 2.05) is 0 Å². The molecular weight excluding hydrogens is 263 g/mol. The van der Waals surface area contributed by atoms with Crippen LogP contribution in [0.2, 0.25) is 0 Å². The fourth-order valence-electron chi connectivity index (χ4n) is 0.825. The standard InChI is InChI=1S/C8H5BrF3NO/c9-2-7(14)5-1-6(4-13-3-5)8(10,11)12/h1,3-4H,2H2. The van der Waals surface area contributed by atoms with Crippen molar-refractivity contribution < 1.29 is 18.0 Å². The Morgan fingerprint density at radius 1 is 1.43 bits per heavy atom. The van der Waals surface area contributed by atoms with Gasteiger partial charge in [0.2, 0.25) is 0 Å². The van der Waals surface area contributed by atoms with Gasteiger partial charge in [-0.15, -0.1) is 0 Å². The molecule has 0 aliphatic carbocycles. The molecule has 76 valence electrons. The summed E-state index contributed by atoms with van der Waals surface area (Å²) in [5.41, 5.74) is -0.957. The SMILES string of the molecule is O=C(CBr)c1cncc(C(F)(F)F)c1. The van der Waals surface area contributed by atoms with Crippen molar-refractivity contribution in [3.05, 3.63) is 29.6 Å². The molecule has 1 aromatic heterocycles. The number of ketones is 1. The number of aromatic nitrogens is 1. The Balaban J connectivity index is 3.08. The van der Waals surface area contributed by atoms with Gasteiger partial charge in [0, 0.05) is 18.0 Å². The average molecular weight is 268 g/mol. The maximum absolute atomic E-state index is 12.2. The summed E-state index contributed by atoms with van der Waals surface area (Å²) in [5.74, 6) is -0.427. The van der Waals surface area contributed by atoms with Crippen LogP contribution in [0.5, 0.6) is 0 Å². The Kier molecular flexibility index (Phi) is 3.25. The van der Waals surface area contributed by atoms with Crippen LogP contribution in [-0.2, 0) is 6.18 Å². The third-order valence-corrected chi connectivity index (χ3v) is 2.02. The summed E-state index contributed by atoms with van der Waals surface area (Å²) in [5, 5.41) is -0.0179. The number of Topliss-reactive ketones (excluding diaryl/α,β-unsaturated/α-hetero) is 1. The molecule has 0 aliphatic heterocycles. The van der Waals surface area contributed by atoms with Crippen molar-refractivity contribution in [2.24, 2.45) is 0 Å². The molecule has 1 heterocycles. The van der Waals surface area contributed by atoms with Crippen molar-refractivity contribution in [2.45, 2.75) is 6.18 Å². The van der Waals surface area contributed by atoms with Crippen LogP contribution in [0, 0.1) is 0 Å². The zero-order valence-electron chi connectivity index (χ0n) is 6.81. The number of alkyl halides is 4. The lowest BCUT2D eigenvalue weighted by molar-refractivity contribution is -0.137. The molecule has 14 heavy (non-hydrogen) atoms. The van der Waals surface area contributed by atoms with Crippen LogP contribution in [0.4, 0.5) is 13.2 Å². The van der Waals surface area contributed by atoms with E-state index in [0.29, 0.717) is 6.20 Å². The number of hydrogen-bond acceptors (Lipinski definition) is 2. The van der Waals surface area contributed by atoms with E-state index in [9.17, 15) is 18.0 Å². The zero-order chi connectivity index (χ0) is 10.8. The van der Waals surface area contributed by atoms with Gasteiger partial charge in [-0.1, -0.05) is 15.9 Å². The van der Waals surface area contributed by atoms with E-state index >= 15 is 0 Å². The third kappa shape index (κ3) is 2.54. The zero-order valence-corrected chi connectivity index (χ0v) is 8.39. The maximum Gasteiger partial charge on any atom is 0.417 e. The van der Waals surface area contributed by atoms with Gasteiger partial charge in [0.25, 0.3) is 0 Å². The minimum atomic E-state index is -4.46. The van der Waals surface area contributed by atoms with Gasteiger partial charge >= 0.3 is 6.18 Å². The van der Waals surface area contributed by atoms with Crippen LogP contribution in [0.1, 0.15) is 15.9 Å². The van der Waals surface area contributed by atoms with E-state index in [1.54, 1.807) is 0 Å². The summed E-state index contributed by atoms with van der Waals surface area (Å²) in [4.78, 5) is 14.4. The van der Waals surface area contributed by atoms with Crippen LogP contribution in [0.3, 0.4) is 0 Å². The largest absolute Gasteiger partial charge is 0.417 e. The molecule has 6 heteroatoms. The minimum Gasteiger partial charge on any atom is -0.293 e.